The van der Waals surface area contributed by atoms with Gasteiger partial charge in [0.2, 0.25) is 5.89 Å². The summed E-state index contributed by atoms with van der Waals surface area (Å²) < 4.78 is 5.67. The Balaban J connectivity index is 2.06. The average Bonchev–Trinajstić information content (AvgIpc) is 2.83. The second kappa shape index (κ2) is 4.78. The summed E-state index contributed by atoms with van der Waals surface area (Å²) in [5.74, 6) is 1.52. The van der Waals surface area contributed by atoms with E-state index in [1.54, 1.807) is 18.0 Å². The zero-order chi connectivity index (χ0) is 12.4. The molecule has 0 aliphatic heterocycles. The molecule has 0 spiro atoms. The van der Waals surface area contributed by atoms with Crippen LogP contribution in [-0.4, -0.2) is 20.7 Å². The molecule has 90 valence electrons. The Morgan fingerprint density at radius 2 is 2.00 bits per heavy atom. The molecule has 2 heterocycles. The molecule has 0 aliphatic carbocycles. The maximum absolute atomic E-state index is 5.67. The van der Waals surface area contributed by atoms with E-state index in [2.05, 4.69) is 21.9 Å². The minimum atomic E-state index is 0.541. The van der Waals surface area contributed by atoms with E-state index < -0.39 is 0 Å². The molecule has 4 nitrogen and oxygen atoms in total. The van der Waals surface area contributed by atoms with Gasteiger partial charge in [-0.1, -0.05) is 36.9 Å². The Hall–Kier alpha value is -1.88. The summed E-state index contributed by atoms with van der Waals surface area (Å²) in [6.07, 6.45) is 1.70. The van der Waals surface area contributed by atoms with Crippen molar-refractivity contribution < 1.29 is 4.42 Å². The van der Waals surface area contributed by atoms with Crippen LogP contribution in [0, 0.1) is 0 Å². The molecule has 0 atom stereocenters. The highest BCUT2D eigenvalue weighted by Crippen LogP contribution is 2.23. The van der Waals surface area contributed by atoms with E-state index in [0.29, 0.717) is 17.1 Å². The van der Waals surface area contributed by atoms with Crippen LogP contribution in [0.5, 0.6) is 0 Å². The summed E-state index contributed by atoms with van der Waals surface area (Å²) in [6.45, 7) is 2.06. The Kier molecular flexibility index (Phi) is 2.98. The van der Waals surface area contributed by atoms with Crippen LogP contribution in [0.15, 0.2) is 46.1 Å². The second-order valence-electron chi connectivity index (χ2n) is 3.66. The molecule has 3 rings (SSSR count). The van der Waals surface area contributed by atoms with E-state index in [9.17, 15) is 0 Å². The van der Waals surface area contributed by atoms with Gasteiger partial charge in [-0.3, -0.25) is 0 Å². The van der Waals surface area contributed by atoms with Gasteiger partial charge in [-0.25, -0.2) is 9.97 Å². The third-order valence-corrected chi connectivity index (χ3v) is 3.17. The van der Waals surface area contributed by atoms with Gasteiger partial charge in [-0.2, -0.15) is 4.98 Å². The van der Waals surface area contributed by atoms with E-state index in [4.69, 9.17) is 4.42 Å². The first-order valence-electron chi connectivity index (χ1n) is 5.68. The highest BCUT2D eigenvalue weighted by Gasteiger charge is 2.10. The first-order chi connectivity index (χ1) is 8.86. The van der Waals surface area contributed by atoms with Crippen molar-refractivity contribution in [2.24, 2.45) is 0 Å². The van der Waals surface area contributed by atoms with Crippen molar-refractivity contribution in [1.29, 1.82) is 0 Å². The number of thioether (sulfide) groups is 1. The number of hydrogen-bond donors (Lipinski definition) is 0. The van der Waals surface area contributed by atoms with Crippen LogP contribution in [0.4, 0.5) is 0 Å². The highest BCUT2D eigenvalue weighted by molar-refractivity contribution is 7.99. The minimum absolute atomic E-state index is 0.541. The maximum atomic E-state index is 5.67. The van der Waals surface area contributed by atoms with Crippen LogP contribution in [0.25, 0.3) is 22.7 Å². The quantitative estimate of drug-likeness (QED) is 0.531. The highest BCUT2D eigenvalue weighted by atomic mass is 32.2. The average molecular weight is 257 g/mol. The molecule has 1 aromatic carbocycles. The molecule has 0 saturated carbocycles. The van der Waals surface area contributed by atoms with Crippen LogP contribution in [0.3, 0.4) is 0 Å². The zero-order valence-corrected chi connectivity index (χ0v) is 10.6. The number of benzene rings is 1. The second-order valence-corrected chi connectivity index (χ2v) is 4.89. The third-order valence-electron chi connectivity index (χ3n) is 2.42. The molecule has 0 radical (unpaired) electrons. The van der Waals surface area contributed by atoms with Gasteiger partial charge in [-0.15, -0.1) is 0 Å². The summed E-state index contributed by atoms with van der Waals surface area (Å²) in [7, 11) is 0. The van der Waals surface area contributed by atoms with Crippen LogP contribution >= 0.6 is 11.8 Å². The van der Waals surface area contributed by atoms with Crippen molar-refractivity contribution in [3.8, 4) is 11.5 Å². The van der Waals surface area contributed by atoms with E-state index in [-0.39, 0.29) is 0 Å². The molecule has 0 N–H and O–H groups in total. The van der Waals surface area contributed by atoms with Gasteiger partial charge in [0.15, 0.2) is 5.16 Å². The van der Waals surface area contributed by atoms with Crippen molar-refractivity contribution in [2.45, 2.75) is 12.1 Å². The summed E-state index contributed by atoms with van der Waals surface area (Å²) in [4.78, 5) is 13.0. The van der Waals surface area contributed by atoms with Gasteiger partial charge >= 0.3 is 0 Å². The van der Waals surface area contributed by atoms with Crippen LogP contribution in [-0.2, 0) is 0 Å². The summed E-state index contributed by atoms with van der Waals surface area (Å²) >= 11 is 1.59. The number of hydrogen-bond acceptors (Lipinski definition) is 5. The fraction of sp³-hybridized carbons (Fsp3) is 0.154. The zero-order valence-electron chi connectivity index (χ0n) is 9.83. The number of aromatic nitrogens is 3. The van der Waals surface area contributed by atoms with Crippen LogP contribution in [0.2, 0.25) is 0 Å². The molecule has 2 aromatic heterocycles. The van der Waals surface area contributed by atoms with Gasteiger partial charge in [0.1, 0.15) is 5.52 Å². The fourth-order valence-corrected chi connectivity index (χ4v) is 2.16. The van der Waals surface area contributed by atoms with Gasteiger partial charge in [-0.05, 0) is 17.9 Å². The number of oxazole rings is 1. The summed E-state index contributed by atoms with van der Waals surface area (Å²) in [5.41, 5.74) is 2.18. The predicted molar refractivity (Wildman–Crippen MR) is 71.4 cm³/mol. The smallest absolute Gasteiger partial charge is 0.251 e. The van der Waals surface area contributed by atoms with Gasteiger partial charge in [0.25, 0.3) is 5.71 Å². The van der Waals surface area contributed by atoms with Gasteiger partial charge in [0.05, 0.1) is 6.20 Å². The molecule has 18 heavy (non-hydrogen) atoms. The molecule has 3 aromatic rings. The van der Waals surface area contributed by atoms with Crippen LogP contribution < -0.4 is 0 Å². The predicted octanol–water partition coefficient (Wildman–Crippen LogP) is 3.40. The van der Waals surface area contributed by atoms with E-state index >= 15 is 0 Å². The molecular weight excluding hydrogens is 246 g/mol. The molecule has 0 amide bonds. The van der Waals surface area contributed by atoms with Crippen LogP contribution in [0.1, 0.15) is 6.92 Å². The number of nitrogens with zero attached hydrogens (tertiary/aromatic N) is 3. The van der Waals surface area contributed by atoms with Crippen molar-refractivity contribution >= 4 is 23.0 Å². The molecule has 0 bridgehead atoms. The third kappa shape index (κ3) is 2.09. The SMILES string of the molecule is CCSc1ncc2nc(-c3ccccc3)oc2n1. The Morgan fingerprint density at radius 3 is 2.78 bits per heavy atom. The molecule has 5 heteroatoms. The molecule has 0 saturated heterocycles. The Labute approximate surface area is 108 Å². The van der Waals surface area contributed by atoms with E-state index in [0.717, 1.165) is 16.5 Å². The van der Waals surface area contributed by atoms with Crippen molar-refractivity contribution in [3.05, 3.63) is 36.5 Å². The summed E-state index contributed by atoms with van der Waals surface area (Å²) in [6, 6.07) is 9.78. The molecular formula is C13H11N3OS. The maximum Gasteiger partial charge on any atom is 0.251 e. The fourth-order valence-electron chi connectivity index (χ4n) is 1.62. The van der Waals surface area contributed by atoms with Crippen molar-refractivity contribution in [3.63, 3.8) is 0 Å². The lowest BCUT2D eigenvalue weighted by Crippen LogP contribution is -1.85. The first kappa shape index (κ1) is 11.2. The monoisotopic (exact) mass is 257 g/mol. The van der Waals surface area contributed by atoms with Gasteiger partial charge in [0, 0.05) is 5.56 Å². The first-order valence-corrected chi connectivity index (χ1v) is 6.67. The largest absolute Gasteiger partial charge is 0.418 e. The summed E-state index contributed by atoms with van der Waals surface area (Å²) in [5, 5.41) is 0.723. The van der Waals surface area contributed by atoms with Crippen molar-refractivity contribution in [2.75, 3.05) is 5.75 Å². The molecule has 0 unspecified atom stereocenters. The number of rotatable bonds is 3. The standard InChI is InChI=1S/C13H11N3OS/c1-2-18-13-14-8-10-12(16-13)17-11(15-10)9-6-4-3-5-7-9/h3-8H,2H2,1H3. The Morgan fingerprint density at radius 1 is 1.17 bits per heavy atom. The Bertz CT molecular complexity index is 666. The molecule has 0 aliphatic rings. The lowest BCUT2D eigenvalue weighted by atomic mass is 10.2. The van der Waals surface area contributed by atoms with Crippen molar-refractivity contribution in [1.82, 2.24) is 15.0 Å². The number of fused-ring (bicyclic) bond motifs is 1. The lowest BCUT2D eigenvalue weighted by molar-refractivity contribution is 0.602. The normalized spacial score (nSPS) is 10.9. The minimum Gasteiger partial charge on any atom is -0.418 e. The van der Waals surface area contributed by atoms with E-state index in [1.165, 1.54) is 0 Å². The molecule has 0 fully saturated rings. The lowest BCUT2D eigenvalue weighted by Gasteiger charge is -1.93. The van der Waals surface area contributed by atoms with E-state index in [1.807, 2.05) is 30.3 Å². The topological polar surface area (TPSA) is 51.8 Å². The van der Waals surface area contributed by atoms with Gasteiger partial charge < -0.3 is 4.42 Å².